The third-order valence-electron chi connectivity index (χ3n) is 3.64. The SMILES string of the molecule is CC(C)c1nnsc1C(=O)N1CCCC(CCN)C1. The van der Waals surface area contributed by atoms with E-state index < -0.39 is 0 Å². The van der Waals surface area contributed by atoms with Crippen LogP contribution in [-0.4, -0.2) is 40.0 Å². The number of nitrogens with zero attached hydrogens (tertiary/aromatic N) is 3. The standard InChI is InChI=1S/C13H22N4OS/c1-9(2)11-12(19-16-15-11)13(18)17-7-3-4-10(8-17)5-6-14/h9-10H,3-8,14H2,1-2H3. The van der Waals surface area contributed by atoms with Crippen LogP contribution in [0, 0.1) is 5.92 Å². The lowest BCUT2D eigenvalue weighted by Gasteiger charge is -2.32. The molecule has 2 N–H and O–H groups in total. The van der Waals surface area contributed by atoms with E-state index in [4.69, 9.17) is 5.73 Å². The molecule has 2 heterocycles. The van der Waals surface area contributed by atoms with Crippen molar-refractivity contribution in [1.29, 1.82) is 0 Å². The fraction of sp³-hybridized carbons (Fsp3) is 0.769. The third kappa shape index (κ3) is 3.30. The molecular weight excluding hydrogens is 260 g/mol. The molecule has 1 aliphatic rings. The van der Waals surface area contributed by atoms with Crippen LogP contribution in [0.2, 0.25) is 0 Å². The first-order valence-electron chi connectivity index (χ1n) is 6.95. The number of carbonyl (C=O) groups is 1. The van der Waals surface area contributed by atoms with Crippen LogP contribution in [0.15, 0.2) is 0 Å². The number of hydrogen-bond donors (Lipinski definition) is 1. The zero-order chi connectivity index (χ0) is 13.8. The van der Waals surface area contributed by atoms with Crippen LogP contribution in [0.4, 0.5) is 0 Å². The van der Waals surface area contributed by atoms with Crippen LogP contribution in [0.1, 0.15) is 54.4 Å². The van der Waals surface area contributed by atoms with Crippen LogP contribution >= 0.6 is 11.5 Å². The Bertz CT molecular complexity index is 430. The summed E-state index contributed by atoms with van der Waals surface area (Å²) in [4.78, 5) is 15.2. The maximum Gasteiger partial charge on any atom is 0.267 e. The van der Waals surface area contributed by atoms with Crippen molar-refractivity contribution in [3.05, 3.63) is 10.6 Å². The van der Waals surface area contributed by atoms with Crippen LogP contribution in [-0.2, 0) is 0 Å². The van der Waals surface area contributed by atoms with Crippen molar-refractivity contribution in [2.45, 2.75) is 39.0 Å². The minimum absolute atomic E-state index is 0.0976. The molecule has 0 saturated carbocycles. The van der Waals surface area contributed by atoms with Crippen LogP contribution in [0.3, 0.4) is 0 Å². The number of aromatic nitrogens is 2. The Balaban J connectivity index is 2.08. The molecule has 1 fully saturated rings. The zero-order valence-corrected chi connectivity index (χ0v) is 12.4. The number of amides is 1. The Morgan fingerprint density at radius 2 is 2.37 bits per heavy atom. The highest BCUT2D eigenvalue weighted by atomic mass is 32.1. The molecule has 1 amide bonds. The van der Waals surface area contributed by atoms with Gasteiger partial charge in [0, 0.05) is 13.1 Å². The van der Waals surface area contributed by atoms with E-state index in [0.29, 0.717) is 17.3 Å². The van der Waals surface area contributed by atoms with E-state index in [9.17, 15) is 4.79 Å². The van der Waals surface area contributed by atoms with Crippen LogP contribution < -0.4 is 5.73 Å². The number of nitrogens with two attached hydrogens (primary N) is 1. The fourth-order valence-electron chi connectivity index (χ4n) is 2.59. The molecule has 0 bridgehead atoms. The van der Waals surface area contributed by atoms with Crippen molar-refractivity contribution < 1.29 is 4.79 Å². The number of likely N-dealkylation sites (tertiary alicyclic amines) is 1. The molecule has 0 spiro atoms. The Kier molecular flexibility index (Phi) is 4.87. The van der Waals surface area contributed by atoms with Crippen molar-refractivity contribution >= 4 is 17.4 Å². The van der Waals surface area contributed by atoms with Gasteiger partial charge in [0.05, 0.1) is 5.69 Å². The lowest BCUT2D eigenvalue weighted by atomic mass is 9.94. The van der Waals surface area contributed by atoms with Gasteiger partial charge in [0.15, 0.2) is 0 Å². The number of rotatable bonds is 4. The van der Waals surface area contributed by atoms with E-state index in [2.05, 4.69) is 9.59 Å². The second-order valence-electron chi connectivity index (χ2n) is 5.48. The van der Waals surface area contributed by atoms with Gasteiger partial charge in [0.25, 0.3) is 5.91 Å². The van der Waals surface area contributed by atoms with Gasteiger partial charge in [0.2, 0.25) is 0 Å². The molecule has 1 aromatic rings. The fourth-order valence-corrected chi connectivity index (χ4v) is 3.38. The Labute approximate surface area is 118 Å². The molecule has 1 aliphatic heterocycles. The number of piperidine rings is 1. The van der Waals surface area contributed by atoms with Gasteiger partial charge in [-0.25, -0.2) is 0 Å². The van der Waals surface area contributed by atoms with Gasteiger partial charge in [-0.05, 0) is 49.2 Å². The van der Waals surface area contributed by atoms with Crippen molar-refractivity contribution in [3.63, 3.8) is 0 Å². The minimum Gasteiger partial charge on any atom is -0.338 e. The van der Waals surface area contributed by atoms with Gasteiger partial charge >= 0.3 is 0 Å². The molecule has 1 saturated heterocycles. The van der Waals surface area contributed by atoms with Gasteiger partial charge < -0.3 is 10.6 Å². The summed E-state index contributed by atoms with van der Waals surface area (Å²) in [5.41, 5.74) is 6.45. The summed E-state index contributed by atoms with van der Waals surface area (Å²) in [6, 6.07) is 0. The maximum atomic E-state index is 12.6. The monoisotopic (exact) mass is 282 g/mol. The molecule has 0 radical (unpaired) electrons. The smallest absolute Gasteiger partial charge is 0.267 e. The van der Waals surface area contributed by atoms with Gasteiger partial charge in [-0.15, -0.1) is 5.10 Å². The molecule has 1 aromatic heterocycles. The molecule has 1 atom stereocenters. The van der Waals surface area contributed by atoms with E-state index in [-0.39, 0.29) is 11.8 Å². The highest BCUT2D eigenvalue weighted by Gasteiger charge is 2.28. The molecule has 0 aromatic carbocycles. The topological polar surface area (TPSA) is 72.1 Å². The molecule has 5 nitrogen and oxygen atoms in total. The second kappa shape index (κ2) is 6.43. The predicted octanol–water partition coefficient (Wildman–Crippen LogP) is 1.86. The predicted molar refractivity (Wildman–Crippen MR) is 76.3 cm³/mol. The largest absolute Gasteiger partial charge is 0.338 e. The summed E-state index contributed by atoms with van der Waals surface area (Å²) in [6.07, 6.45) is 3.25. The minimum atomic E-state index is 0.0976. The molecular formula is C13H22N4OS. The van der Waals surface area contributed by atoms with E-state index in [1.807, 2.05) is 18.7 Å². The van der Waals surface area contributed by atoms with E-state index in [1.165, 1.54) is 18.0 Å². The molecule has 2 rings (SSSR count). The summed E-state index contributed by atoms with van der Waals surface area (Å²) in [7, 11) is 0. The van der Waals surface area contributed by atoms with E-state index in [1.54, 1.807) is 0 Å². The molecule has 6 heteroatoms. The summed E-state index contributed by atoms with van der Waals surface area (Å²) in [5.74, 6) is 0.883. The Morgan fingerprint density at radius 1 is 1.58 bits per heavy atom. The van der Waals surface area contributed by atoms with Crippen molar-refractivity contribution in [1.82, 2.24) is 14.5 Å². The molecule has 1 unspecified atom stereocenters. The zero-order valence-electron chi connectivity index (χ0n) is 11.6. The quantitative estimate of drug-likeness (QED) is 0.915. The third-order valence-corrected chi connectivity index (χ3v) is 4.37. The normalized spacial score (nSPS) is 20.0. The molecule has 19 heavy (non-hydrogen) atoms. The van der Waals surface area contributed by atoms with E-state index in [0.717, 1.165) is 31.6 Å². The summed E-state index contributed by atoms with van der Waals surface area (Å²) < 4.78 is 3.94. The Hall–Kier alpha value is -1.01. The van der Waals surface area contributed by atoms with Crippen molar-refractivity contribution in [2.75, 3.05) is 19.6 Å². The Morgan fingerprint density at radius 3 is 3.05 bits per heavy atom. The molecule has 106 valence electrons. The maximum absolute atomic E-state index is 12.6. The highest BCUT2D eigenvalue weighted by molar-refractivity contribution is 7.08. The summed E-state index contributed by atoms with van der Waals surface area (Å²) in [6.45, 7) is 6.45. The lowest BCUT2D eigenvalue weighted by molar-refractivity contribution is 0.0672. The van der Waals surface area contributed by atoms with Gasteiger partial charge in [-0.3, -0.25) is 4.79 Å². The van der Waals surface area contributed by atoms with Crippen LogP contribution in [0.5, 0.6) is 0 Å². The number of carbonyl (C=O) groups excluding carboxylic acids is 1. The highest BCUT2D eigenvalue weighted by Crippen LogP contribution is 2.25. The van der Waals surface area contributed by atoms with Gasteiger partial charge in [0.1, 0.15) is 4.88 Å². The second-order valence-corrected chi connectivity index (χ2v) is 6.23. The van der Waals surface area contributed by atoms with Crippen molar-refractivity contribution in [2.24, 2.45) is 11.7 Å². The first kappa shape index (κ1) is 14.4. The van der Waals surface area contributed by atoms with Gasteiger partial charge in [-0.1, -0.05) is 18.3 Å². The van der Waals surface area contributed by atoms with Crippen molar-refractivity contribution in [3.8, 4) is 0 Å². The summed E-state index contributed by atoms with van der Waals surface area (Å²) >= 11 is 1.22. The van der Waals surface area contributed by atoms with Crippen LogP contribution in [0.25, 0.3) is 0 Å². The molecule has 0 aliphatic carbocycles. The first-order chi connectivity index (χ1) is 9.13. The lowest BCUT2D eigenvalue weighted by Crippen LogP contribution is -2.40. The van der Waals surface area contributed by atoms with Gasteiger partial charge in [-0.2, -0.15) is 0 Å². The average molecular weight is 282 g/mol. The van der Waals surface area contributed by atoms with E-state index >= 15 is 0 Å². The average Bonchev–Trinajstić information content (AvgIpc) is 2.88. The first-order valence-corrected chi connectivity index (χ1v) is 7.72. The number of hydrogen-bond acceptors (Lipinski definition) is 5. The summed E-state index contributed by atoms with van der Waals surface area (Å²) in [5, 5.41) is 4.09.